The highest BCUT2D eigenvalue weighted by Gasteiger charge is 2.36. The summed E-state index contributed by atoms with van der Waals surface area (Å²) in [7, 11) is 1.58. The van der Waals surface area contributed by atoms with Crippen LogP contribution in [0.3, 0.4) is 0 Å². The summed E-state index contributed by atoms with van der Waals surface area (Å²) in [5.74, 6) is 0.789. The van der Waals surface area contributed by atoms with Gasteiger partial charge in [0, 0.05) is 5.70 Å². The van der Waals surface area contributed by atoms with Crippen LogP contribution in [-0.2, 0) is 9.53 Å². The third-order valence-electron chi connectivity index (χ3n) is 4.49. The molecule has 1 atom stereocenters. The molecule has 0 radical (unpaired) electrons. The lowest BCUT2D eigenvalue weighted by Crippen LogP contribution is -2.31. The van der Waals surface area contributed by atoms with Crippen molar-refractivity contribution in [2.24, 2.45) is 0 Å². The van der Waals surface area contributed by atoms with Gasteiger partial charge >= 0.3 is 5.97 Å². The number of aromatic nitrogens is 2. The van der Waals surface area contributed by atoms with E-state index in [9.17, 15) is 9.59 Å². The Kier molecular flexibility index (Phi) is 6.32. The molecule has 154 valence electrons. The molecule has 7 nitrogen and oxygen atoms in total. The summed E-state index contributed by atoms with van der Waals surface area (Å²) in [5, 5.41) is 3.67. The highest BCUT2D eigenvalue weighted by molar-refractivity contribution is 7.99. The largest absolute Gasteiger partial charge is 0.497 e. The first-order valence-electron chi connectivity index (χ1n) is 9.45. The second-order valence-electron chi connectivity index (χ2n) is 6.89. The van der Waals surface area contributed by atoms with E-state index in [2.05, 4.69) is 15.3 Å². The first-order chi connectivity index (χ1) is 13.8. The lowest BCUT2D eigenvalue weighted by Gasteiger charge is -2.29. The Bertz CT molecular complexity index is 1010. The molecule has 0 saturated carbocycles. The van der Waals surface area contributed by atoms with Crippen LogP contribution in [-0.4, -0.2) is 34.9 Å². The Morgan fingerprint density at radius 3 is 2.76 bits per heavy atom. The molecule has 0 bridgehead atoms. The van der Waals surface area contributed by atoms with Gasteiger partial charge in [0.1, 0.15) is 11.6 Å². The van der Waals surface area contributed by atoms with Gasteiger partial charge in [-0.15, -0.1) is 0 Å². The number of anilines is 1. The smallest absolute Gasteiger partial charge is 0.337 e. The minimum absolute atomic E-state index is 0.283. The summed E-state index contributed by atoms with van der Waals surface area (Å²) < 4.78 is 10.8. The van der Waals surface area contributed by atoms with Crippen LogP contribution in [0.15, 0.2) is 45.5 Å². The third-order valence-corrected chi connectivity index (χ3v) is 5.25. The number of benzene rings is 1. The number of carbonyl (C=O) groups is 1. The SMILES string of the molecule is CCSc1nc2c(c(=O)[nH]1)C(c1cccc(OC)c1)C(C(=O)OC(C)C)=C(C)N2. The van der Waals surface area contributed by atoms with Crippen molar-refractivity contribution in [3.63, 3.8) is 0 Å². The minimum atomic E-state index is -0.621. The van der Waals surface area contributed by atoms with Crippen LogP contribution in [0.4, 0.5) is 5.82 Å². The molecule has 1 unspecified atom stereocenters. The maximum atomic E-state index is 13.0. The number of thioether (sulfide) groups is 1. The molecule has 0 amide bonds. The average molecular weight is 416 g/mol. The van der Waals surface area contributed by atoms with Gasteiger partial charge in [-0.05, 0) is 44.2 Å². The molecule has 1 aromatic carbocycles. The van der Waals surface area contributed by atoms with Gasteiger partial charge in [-0.25, -0.2) is 9.78 Å². The molecule has 29 heavy (non-hydrogen) atoms. The van der Waals surface area contributed by atoms with E-state index in [-0.39, 0.29) is 11.7 Å². The van der Waals surface area contributed by atoms with Gasteiger partial charge in [0.05, 0.1) is 30.3 Å². The Morgan fingerprint density at radius 2 is 2.10 bits per heavy atom. The first kappa shape index (κ1) is 21.0. The molecule has 8 heteroatoms. The summed E-state index contributed by atoms with van der Waals surface area (Å²) in [5.41, 5.74) is 1.86. The maximum Gasteiger partial charge on any atom is 0.337 e. The van der Waals surface area contributed by atoms with Crippen LogP contribution in [0.2, 0.25) is 0 Å². The van der Waals surface area contributed by atoms with Crippen LogP contribution in [0, 0.1) is 0 Å². The molecular formula is C21H25N3O4S. The van der Waals surface area contributed by atoms with Gasteiger partial charge in [-0.1, -0.05) is 30.8 Å². The van der Waals surface area contributed by atoms with Crippen molar-refractivity contribution in [1.29, 1.82) is 0 Å². The Morgan fingerprint density at radius 1 is 1.34 bits per heavy atom. The second-order valence-corrected chi connectivity index (χ2v) is 8.15. The summed E-state index contributed by atoms with van der Waals surface area (Å²) >= 11 is 1.45. The fourth-order valence-corrected chi connectivity index (χ4v) is 3.93. The Balaban J connectivity index is 2.23. The Labute approximate surface area is 173 Å². The second kappa shape index (κ2) is 8.73. The normalized spacial score (nSPS) is 15.7. The number of methoxy groups -OCH3 is 1. The molecular weight excluding hydrogens is 390 g/mol. The van der Waals surface area contributed by atoms with Gasteiger partial charge < -0.3 is 19.8 Å². The van der Waals surface area contributed by atoms with Gasteiger partial charge in [0.2, 0.25) is 0 Å². The quantitative estimate of drug-likeness (QED) is 0.422. The molecule has 0 aliphatic carbocycles. The zero-order valence-electron chi connectivity index (χ0n) is 17.2. The van der Waals surface area contributed by atoms with Gasteiger partial charge in [0.15, 0.2) is 5.16 Å². The molecule has 0 saturated heterocycles. The summed E-state index contributed by atoms with van der Waals surface area (Å²) in [6.07, 6.45) is -0.283. The molecule has 0 fully saturated rings. The number of aromatic amines is 1. The van der Waals surface area contributed by atoms with E-state index in [1.165, 1.54) is 11.8 Å². The van der Waals surface area contributed by atoms with Crippen molar-refractivity contribution in [3.8, 4) is 5.75 Å². The topological polar surface area (TPSA) is 93.3 Å². The molecule has 1 aromatic heterocycles. The van der Waals surface area contributed by atoms with E-state index < -0.39 is 11.9 Å². The van der Waals surface area contributed by atoms with Crippen molar-refractivity contribution in [1.82, 2.24) is 9.97 Å². The summed E-state index contributed by atoms with van der Waals surface area (Å²) in [6, 6.07) is 7.34. The molecule has 2 N–H and O–H groups in total. The van der Waals surface area contributed by atoms with Crippen molar-refractivity contribution >= 4 is 23.5 Å². The van der Waals surface area contributed by atoms with E-state index in [0.717, 1.165) is 11.3 Å². The number of fused-ring (bicyclic) bond motifs is 1. The van der Waals surface area contributed by atoms with Crippen molar-refractivity contribution in [2.45, 2.75) is 44.9 Å². The van der Waals surface area contributed by atoms with E-state index in [1.807, 2.05) is 31.2 Å². The summed E-state index contributed by atoms with van der Waals surface area (Å²) in [4.78, 5) is 33.4. The molecule has 1 aliphatic heterocycles. The predicted molar refractivity (Wildman–Crippen MR) is 114 cm³/mol. The third kappa shape index (κ3) is 4.32. The number of allylic oxidation sites excluding steroid dienone is 1. The number of ether oxygens (including phenoxy) is 2. The van der Waals surface area contributed by atoms with Crippen molar-refractivity contribution in [3.05, 3.63) is 57.0 Å². The monoisotopic (exact) mass is 415 g/mol. The van der Waals surface area contributed by atoms with E-state index in [1.54, 1.807) is 27.9 Å². The number of rotatable bonds is 6. The number of esters is 1. The zero-order chi connectivity index (χ0) is 21.1. The van der Waals surface area contributed by atoms with Gasteiger partial charge in [-0.2, -0.15) is 0 Å². The average Bonchev–Trinajstić information content (AvgIpc) is 2.66. The number of hydrogen-bond donors (Lipinski definition) is 2. The maximum absolute atomic E-state index is 13.0. The van der Waals surface area contributed by atoms with Crippen LogP contribution in [0.5, 0.6) is 5.75 Å². The van der Waals surface area contributed by atoms with Crippen molar-refractivity contribution in [2.75, 3.05) is 18.2 Å². The number of nitrogens with one attached hydrogen (secondary N) is 2. The number of hydrogen-bond acceptors (Lipinski definition) is 7. The van der Waals surface area contributed by atoms with Crippen molar-refractivity contribution < 1.29 is 14.3 Å². The molecule has 2 aromatic rings. The lowest BCUT2D eigenvalue weighted by molar-refractivity contribution is -0.143. The van der Waals surface area contributed by atoms with Crippen LogP contribution >= 0.6 is 11.8 Å². The highest BCUT2D eigenvalue weighted by atomic mass is 32.2. The first-order valence-corrected chi connectivity index (χ1v) is 10.4. The van der Waals surface area contributed by atoms with E-state index >= 15 is 0 Å². The van der Waals surface area contributed by atoms with Gasteiger partial charge in [0.25, 0.3) is 5.56 Å². The highest BCUT2D eigenvalue weighted by Crippen LogP contribution is 2.41. The predicted octanol–water partition coefficient (Wildman–Crippen LogP) is 3.67. The van der Waals surface area contributed by atoms with Crippen LogP contribution in [0.1, 0.15) is 44.7 Å². The molecule has 0 spiro atoms. The standard InChI is InChI=1S/C21H25N3O4S/c1-6-29-21-23-18-17(19(25)24-21)16(13-8-7-9-14(10-13)27-5)15(12(4)22-18)20(26)28-11(2)3/h7-11,16H,6H2,1-5H3,(H2,22,23,24,25). The summed E-state index contributed by atoms with van der Waals surface area (Å²) in [6.45, 7) is 7.37. The fraction of sp³-hybridized carbons (Fsp3) is 0.381. The van der Waals surface area contributed by atoms with Crippen LogP contribution in [0.25, 0.3) is 0 Å². The van der Waals surface area contributed by atoms with Crippen LogP contribution < -0.4 is 15.6 Å². The van der Waals surface area contributed by atoms with E-state index in [4.69, 9.17) is 9.47 Å². The van der Waals surface area contributed by atoms with E-state index in [0.29, 0.717) is 33.6 Å². The zero-order valence-corrected chi connectivity index (χ0v) is 18.0. The lowest BCUT2D eigenvalue weighted by atomic mass is 9.82. The van der Waals surface area contributed by atoms with Gasteiger partial charge in [-0.3, -0.25) is 4.79 Å². The Hall–Kier alpha value is -2.74. The number of nitrogens with zero attached hydrogens (tertiary/aromatic N) is 1. The fourth-order valence-electron chi connectivity index (χ4n) is 3.34. The molecule has 1 aliphatic rings. The number of H-pyrrole nitrogens is 1. The number of carbonyl (C=O) groups excluding carboxylic acids is 1. The molecule has 2 heterocycles. The minimum Gasteiger partial charge on any atom is -0.497 e. The molecule has 3 rings (SSSR count).